The molecule has 27 heavy (non-hydrogen) atoms. The van der Waals surface area contributed by atoms with E-state index in [-0.39, 0.29) is 5.91 Å². The number of aryl methyl sites for hydroxylation is 2. The minimum atomic E-state index is -0.0416. The Balaban J connectivity index is 1.63. The van der Waals surface area contributed by atoms with E-state index in [0.29, 0.717) is 12.4 Å². The molecule has 1 aromatic heterocycles. The maximum Gasteiger partial charge on any atom is 0.234 e. The van der Waals surface area contributed by atoms with Crippen molar-refractivity contribution in [2.75, 3.05) is 17.7 Å². The second kappa shape index (κ2) is 8.95. The normalized spacial score (nSPS) is 10.9. The first-order valence-electron chi connectivity index (χ1n) is 9.23. The summed E-state index contributed by atoms with van der Waals surface area (Å²) < 4.78 is 7.77. The van der Waals surface area contributed by atoms with Gasteiger partial charge in [-0.1, -0.05) is 30.8 Å². The molecule has 0 spiro atoms. The molecule has 0 aliphatic heterocycles. The van der Waals surface area contributed by atoms with Gasteiger partial charge >= 0.3 is 0 Å². The van der Waals surface area contributed by atoms with Crippen LogP contribution >= 0.6 is 11.8 Å². The van der Waals surface area contributed by atoms with E-state index in [2.05, 4.69) is 34.8 Å². The van der Waals surface area contributed by atoms with Gasteiger partial charge in [0.15, 0.2) is 5.16 Å². The Morgan fingerprint density at radius 3 is 2.78 bits per heavy atom. The predicted molar refractivity (Wildman–Crippen MR) is 112 cm³/mol. The van der Waals surface area contributed by atoms with Gasteiger partial charge in [0.1, 0.15) is 5.75 Å². The zero-order valence-electron chi connectivity index (χ0n) is 16.0. The van der Waals surface area contributed by atoms with Crippen molar-refractivity contribution in [3.63, 3.8) is 0 Å². The minimum Gasteiger partial charge on any atom is -0.494 e. The van der Waals surface area contributed by atoms with Gasteiger partial charge in [0.2, 0.25) is 5.91 Å². The molecule has 0 saturated carbocycles. The van der Waals surface area contributed by atoms with Crippen LogP contribution in [0.3, 0.4) is 0 Å². The Morgan fingerprint density at radius 1 is 1.22 bits per heavy atom. The predicted octanol–water partition coefficient (Wildman–Crippen LogP) is 4.88. The van der Waals surface area contributed by atoms with E-state index >= 15 is 0 Å². The largest absolute Gasteiger partial charge is 0.494 e. The molecule has 1 heterocycles. The summed E-state index contributed by atoms with van der Waals surface area (Å²) in [5.41, 5.74) is 3.86. The van der Waals surface area contributed by atoms with Crippen LogP contribution in [0.5, 0.6) is 5.75 Å². The van der Waals surface area contributed by atoms with E-state index in [1.807, 2.05) is 43.3 Å². The summed E-state index contributed by atoms with van der Waals surface area (Å²) >= 11 is 1.46. The molecule has 0 aliphatic carbocycles. The highest BCUT2D eigenvalue weighted by Gasteiger charge is 2.12. The van der Waals surface area contributed by atoms with Crippen molar-refractivity contribution in [1.29, 1.82) is 0 Å². The number of hydrogen-bond acceptors (Lipinski definition) is 4. The van der Waals surface area contributed by atoms with Crippen molar-refractivity contribution in [3.8, 4) is 5.75 Å². The molecule has 0 fully saturated rings. The van der Waals surface area contributed by atoms with E-state index in [1.165, 1.54) is 11.8 Å². The number of nitrogens with zero attached hydrogens (tertiary/aromatic N) is 2. The molecule has 0 unspecified atom stereocenters. The molecule has 1 amide bonds. The smallest absolute Gasteiger partial charge is 0.234 e. The fourth-order valence-electron chi connectivity index (χ4n) is 2.87. The van der Waals surface area contributed by atoms with Crippen molar-refractivity contribution >= 4 is 34.4 Å². The Morgan fingerprint density at radius 2 is 2.04 bits per heavy atom. The number of amides is 1. The van der Waals surface area contributed by atoms with Crippen LogP contribution in [0, 0.1) is 6.92 Å². The van der Waals surface area contributed by atoms with E-state index in [4.69, 9.17) is 4.74 Å². The lowest BCUT2D eigenvalue weighted by Crippen LogP contribution is -2.15. The molecule has 142 valence electrons. The lowest BCUT2D eigenvalue weighted by Gasteiger charge is -2.11. The number of carbonyl (C=O) groups is 1. The summed E-state index contributed by atoms with van der Waals surface area (Å²) in [5.74, 6) is 1.11. The first-order chi connectivity index (χ1) is 13.1. The number of imidazole rings is 1. The molecule has 5 nitrogen and oxygen atoms in total. The number of para-hydroxylation sites is 2. The summed E-state index contributed by atoms with van der Waals surface area (Å²) in [6.45, 7) is 7.65. The van der Waals surface area contributed by atoms with E-state index < -0.39 is 0 Å². The van der Waals surface area contributed by atoms with Gasteiger partial charge in [0.05, 0.1) is 23.4 Å². The van der Waals surface area contributed by atoms with Crippen molar-refractivity contribution in [1.82, 2.24) is 9.55 Å². The number of ether oxygens (including phenoxy) is 1. The van der Waals surface area contributed by atoms with Crippen LogP contribution in [0.25, 0.3) is 11.0 Å². The van der Waals surface area contributed by atoms with Crippen LogP contribution in [0.4, 0.5) is 5.69 Å². The van der Waals surface area contributed by atoms with Crippen molar-refractivity contribution < 1.29 is 9.53 Å². The molecule has 3 rings (SSSR count). The van der Waals surface area contributed by atoms with Crippen LogP contribution in [0.1, 0.15) is 25.8 Å². The molecule has 3 aromatic rings. The summed E-state index contributed by atoms with van der Waals surface area (Å²) in [7, 11) is 0. The first kappa shape index (κ1) is 19.3. The van der Waals surface area contributed by atoms with Gasteiger partial charge in [0, 0.05) is 12.2 Å². The molecule has 0 radical (unpaired) electrons. The number of anilines is 1. The third kappa shape index (κ3) is 4.63. The van der Waals surface area contributed by atoms with Gasteiger partial charge in [-0.05, 0) is 56.2 Å². The molecule has 1 N–H and O–H groups in total. The van der Waals surface area contributed by atoms with Crippen LogP contribution in [-0.2, 0) is 11.3 Å². The number of hydrogen-bond donors (Lipinski definition) is 1. The Kier molecular flexibility index (Phi) is 6.40. The van der Waals surface area contributed by atoms with E-state index in [0.717, 1.165) is 46.2 Å². The standard InChI is InChI=1S/C21H25N3O2S/c1-4-12-26-16-10-11-17(15(3)13-16)22-20(25)14-27-21-23-18-8-6-7-9-19(18)24(21)5-2/h6-11,13H,4-5,12,14H2,1-3H3,(H,22,25). The fourth-order valence-corrected chi connectivity index (χ4v) is 3.75. The maximum atomic E-state index is 12.4. The van der Waals surface area contributed by atoms with Crippen LogP contribution in [0.15, 0.2) is 47.6 Å². The Bertz CT molecular complexity index is 936. The topological polar surface area (TPSA) is 56.1 Å². The molecule has 2 aromatic carbocycles. The fraction of sp³-hybridized carbons (Fsp3) is 0.333. The third-order valence-corrected chi connectivity index (χ3v) is 5.19. The zero-order valence-corrected chi connectivity index (χ0v) is 16.8. The number of aromatic nitrogens is 2. The number of benzene rings is 2. The number of carbonyl (C=O) groups excluding carboxylic acids is 1. The van der Waals surface area contributed by atoms with E-state index in [1.54, 1.807) is 0 Å². The monoisotopic (exact) mass is 383 g/mol. The first-order valence-corrected chi connectivity index (χ1v) is 10.2. The second-order valence-corrected chi connectivity index (χ2v) is 7.23. The van der Waals surface area contributed by atoms with Crippen LogP contribution in [0.2, 0.25) is 0 Å². The maximum absolute atomic E-state index is 12.4. The van der Waals surface area contributed by atoms with Crippen molar-refractivity contribution in [2.45, 2.75) is 38.9 Å². The summed E-state index contributed by atoms with van der Waals surface area (Å²) in [4.78, 5) is 17.1. The average Bonchev–Trinajstić information content (AvgIpc) is 3.04. The molecular formula is C21H25N3O2S. The molecule has 0 atom stereocenters. The van der Waals surface area contributed by atoms with Gasteiger partial charge in [0.25, 0.3) is 0 Å². The molecular weight excluding hydrogens is 358 g/mol. The summed E-state index contributed by atoms with van der Waals surface area (Å²) in [6.07, 6.45) is 0.970. The van der Waals surface area contributed by atoms with Gasteiger partial charge in [-0.2, -0.15) is 0 Å². The second-order valence-electron chi connectivity index (χ2n) is 6.29. The van der Waals surface area contributed by atoms with Crippen LogP contribution < -0.4 is 10.1 Å². The Labute approximate surface area is 164 Å². The summed E-state index contributed by atoms with van der Waals surface area (Å²) in [5, 5.41) is 3.85. The van der Waals surface area contributed by atoms with Gasteiger partial charge in [-0.15, -0.1) is 0 Å². The number of fused-ring (bicyclic) bond motifs is 1. The summed E-state index contributed by atoms with van der Waals surface area (Å²) in [6, 6.07) is 13.8. The Hall–Kier alpha value is -2.47. The molecule has 0 bridgehead atoms. The quantitative estimate of drug-likeness (QED) is 0.563. The van der Waals surface area contributed by atoms with Crippen molar-refractivity contribution in [3.05, 3.63) is 48.0 Å². The number of rotatable bonds is 8. The highest BCUT2D eigenvalue weighted by molar-refractivity contribution is 7.99. The lowest BCUT2D eigenvalue weighted by atomic mass is 10.2. The highest BCUT2D eigenvalue weighted by atomic mass is 32.2. The van der Waals surface area contributed by atoms with Gasteiger partial charge < -0.3 is 14.6 Å². The van der Waals surface area contributed by atoms with E-state index in [9.17, 15) is 4.79 Å². The third-order valence-electron chi connectivity index (χ3n) is 4.21. The van der Waals surface area contributed by atoms with Crippen molar-refractivity contribution in [2.24, 2.45) is 0 Å². The highest BCUT2D eigenvalue weighted by Crippen LogP contribution is 2.25. The molecule has 0 saturated heterocycles. The van der Waals surface area contributed by atoms with Gasteiger partial charge in [-0.25, -0.2) is 4.98 Å². The number of nitrogens with one attached hydrogen (secondary N) is 1. The van der Waals surface area contributed by atoms with Crippen LogP contribution in [-0.4, -0.2) is 27.8 Å². The SMILES string of the molecule is CCCOc1ccc(NC(=O)CSc2nc3ccccc3n2CC)c(C)c1. The molecule has 6 heteroatoms. The lowest BCUT2D eigenvalue weighted by molar-refractivity contribution is -0.113. The zero-order chi connectivity index (χ0) is 19.2. The average molecular weight is 384 g/mol. The minimum absolute atomic E-state index is 0.0416. The number of thioether (sulfide) groups is 1. The molecule has 0 aliphatic rings. The van der Waals surface area contributed by atoms with Gasteiger partial charge in [-0.3, -0.25) is 4.79 Å².